The number of amides is 1. The lowest BCUT2D eigenvalue weighted by atomic mass is 10.2. The van der Waals surface area contributed by atoms with Gasteiger partial charge in [0.25, 0.3) is 11.5 Å². The first-order valence-electron chi connectivity index (χ1n) is 5.62. The van der Waals surface area contributed by atoms with E-state index in [0.717, 1.165) is 4.47 Å². The largest absolute Gasteiger partial charge is 0.322 e. The van der Waals surface area contributed by atoms with Gasteiger partial charge in [-0.05, 0) is 38.1 Å². The number of carbonyl (C=O) groups excluding carboxylic acids is 1. The van der Waals surface area contributed by atoms with Gasteiger partial charge in [0.1, 0.15) is 11.4 Å². The molecular formula is C13H12BrN3O2. The molecule has 0 aliphatic heterocycles. The highest BCUT2D eigenvalue weighted by Gasteiger charge is 2.15. The number of carbonyl (C=O) groups is 1. The lowest BCUT2D eigenvalue weighted by molar-refractivity contribution is 0.102. The fourth-order valence-electron chi connectivity index (χ4n) is 1.72. The van der Waals surface area contributed by atoms with Crippen LogP contribution in [0.25, 0.3) is 0 Å². The van der Waals surface area contributed by atoms with E-state index in [4.69, 9.17) is 0 Å². The van der Waals surface area contributed by atoms with E-state index >= 15 is 0 Å². The van der Waals surface area contributed by atoms with Crippen LogP contribution in [0, 0.1) is 13.8 Å². The molecule has 1 aromatic heterocycles. The molecule has 0 radical (unpaired) electrons. The summed E-state index contributed by atoms with van der Waals surface area (Å²) < 4.78 is 0.913. The first-order valence-corrected chi connectivity index (χ1v) is 6.41. The van der Waals surface area contributed by atoms with Crippen molar-refractivity contribution in [2.75, 3.05) is 5.32 Å². The maximum absolute atomic E-state index is 12.1. The Kier molecular flexibility index (Phi) is 3.80. The molecule has 2 rings (SSSR count). The second-order valence-electron chi connectivity index (χ2n) is 4.07. The molecule has 0 aliphatic carbocycles. The molecule has 0 bridgehead atoms. The quantitative estimate of drug-likeness (QED) is 0.891. The van der Waals surface area contributed by atoms with Gasteiger partial charge in [-0.3, -0.25) is 9.59 Å². The van der Waals surface area contributed by atoms with Crippen LogP contribution in [-0.2, 0) is 0 Å². The van der Waals surface area contributed by atoms with Crippen molar-refractivity contribution in [2.24, 2.45) is 0 Å². The predicted molar refractivity (Wildman–Crippen MR) is 76.4 cm³/mol. The van der Waals surface area contributed by atoms with Crippen LogP contribution in [0.1, 0.15) is 21.9 Å². The van der Waals surface area contributed by atoms with Gasteiger partial charge < -0.3 is 10.3 Å². The predicted octanol–water partition coefficient (Wildman–Crippen LogP) is 2.40. The van der Waals surface area contributed by atoms with Crippen LogP contribution in [-0.4, -0.2) is 15.9 Å². The van der Waals surface area contributed by atoms with Gasteiger partial charge in [-0.2, -0.15) is 0 Å². The number of nitrogens with zero attached hydrogens (tertiary/aromatic N) is 1. The summed E-state index contributed by atoms with van der Waals surface area (Å²) in [5, 5.41) is 2.67. The number of rotatable bonds is 2. The van der Waals surface area contributed by atoms with Crippen molar-refractivity contribution < 1.29 is 4.79 Å². The lowest BCUT2D eigenvalue weighted by Gasteiger charge is -2.07. The van der Waals surface area contributed by atoms with Crippen molar-refractivity contribution in [3.63, 3.8) is 0 Å². The molecule has 2 N–H and O–H groups in total. The van der Waals surface area contributed by atoms with Crippen molar-refractivity contribution in [3.8, 4) is 0 Å². The topological polar surface area (TPSA) is 74.8 Å². The van der Waals surface area contributed by atoms with Gasteiger partial charge in [0, 0.05) is 10.2 Å². The molecule has 2 aromatic rings. The summed E-state index contributed by atoms with van der Waals surface area (Å²) in [5.41, 5.74) is 0.636. The summed E-state index contributed by atoms with van der Waals surface area (Å²) in [5.74, 6) is 0.0243. The van der Waals surface area contributed by atoms with E-state index in [1.807, 2.05) is 0 Å². The Morgan fingerprint density at radius 3 is 2.47 bits per heavy atom. The summed E-state index contributed by atoms with van der Waals surface area (Å²) in [6.07, 6.45) is 0. The van der Waals surface area contributed by atoms with Crippen molar-refractivity contribution in [3.05, 3.63) is 56.2 Å². The van der Waals surface area contributed by atoms with Crippen molar-refractivity contribution in [1.29, 1.82) is 0 Å². The standard InChI is InChI=1S/C13H12BrN3O2/c1-7-11(12(18)16-8(2)15-7)13(19)17-10-5-3-9(14)4-6-10/h3-6H,1-2H3,(H,17,19)(H,15,16,18). The van der Waals surface area contributed by atoms with E-state index in [1.54, 1.807) is 38.1 Å². The molecule has 0 saturated heterocycles. The first kappa shape index (κ1) is 13.5. The van der Waals surface area contributed by atoms with Gasteiger partial charge >= 0.3 is 0 Å². The third-order valence-electron chi connectivity index (χ3n) is 2.55. The smallest absolute Gasteiger partial charge is 0.264 e. The molecule has 0 atom stereocenters. The SMILES string of the molecule is Cc1nc(C)c(C(=O)Nc2ccc(Br)cc2)c(=O)[nH]1. The number of halogens is 1. The minimum atomic E-state index is -0.464. The molecule has 0 unspecified atom stereocenters. The van der Waals surface area contributed by atoms with E-state index < -0.39 is 11.5 Å². The number of hydrogen-bond donors (Lipinski definition) is 2. The Morgan fingerprint density at radius 2 is 1.89 bits per heavy atom. The van der Waals surface area contributed by atoms with Crippen LogP contribution in [0.5, 0.6) is 0 Å². The van der Waals surface area contributed by atoms with E-state index in [1.165, 1.54) is 0 Å². The summed E-state index contributed by atoms with van der Waals surface area (Å²) in [6, 6.07) is 7.10. The number of anilines is 1. The number of benzene rings is 1. The molecule has 5 nitrogen and oxygen atoms in total. The highest BCUT2D eigenvalue weighted by atomic mass is 79.9. The second-order valence-corrected chi connectivity index (χ2v) is 4.99. The van der Waals surface area contributed by atoms with Gasteiger partial charge in [-0.15, -0.1) is 0 Å². The van der Waals surface area contributed by atoms with E-state index in [2.05, 4.69) is 31.2 Å². The van der Waals surface area contributed by atoms with Gasteiger partial charge in [-0.1, -0.05) is 15.9 Å². The highest BCUT2D eigenvalue weighted by molar-refractivity contribution is 9.10. The Balaban J connectivity index is 2.30. The Labute approximate surface area is 118 Å². The van der Waals surface area contributed by atoms with Gasteiger partial charge in [0.15, 0.2) is 0 Å². The fraction of sp³-hybridized carbons (Fsp3) is 0.154. The minimum absolute atomic E-state index is 0.0357. The third kappa shape index (κ3) is 3.08. The molecule has 19 heavy (non-hydrogen) atoms. The Morgan fingerprint density at radius 1 is 1.26 bits per heavy atom. The Bertz CT molecular complexity index is 677. The van der Waals surface area contributed by atoms with E-state index in [-0.39, 0.29) is 5.56 Å². The molecule has 0 aliphatic rings. The molecule has 98 valence electrons. The molecular weight excluding hydrogens is 310 g/mol. The zero-order valence-corrected chi connectivity index (χ0v) is 12.0. The Hall–Kier alpha value is -1.95. The monoisotopic (exact) mass is 321 g/mol. The fourth-order valence-corrected chi connectivity index (χ4v) is 1.99. The van der Waals surface area contributed by atoms with E-state index in [9.17, 15) is 9.59 Å². The van der Waals surface area contributed by atoms with Crippen molar-refractivity contribution in [2.45, 2.75) is 13.8 Å². The number of H-pyrrole nitrogens is 1. The molecule has 0 saturated carbocycles. The van der Waals surface area contributed by atoms with Crippen LogP contribution in [0.3, 0.4) is 0 Å². The third-order valence-corrected chi connectivity index (χ3v) is 3.08. The highest BCUT2D eigenvalue weighted by Crippen LogP contribution is 2.14. The van der Waals surface area contributed by atoms with Crippen LogP contribution < -0.4 is 10.9 Å². The molecule has 0 fully saturated rings. The summed E-state index contributed by atoms with van der Waals surface area (Å²) >= 11 is 3.31. The summed E-state index contributed by atoms with van der Waals surface area (Å²) in [7, 11) is 0. The van der Waals surface area contributed by atoms with Gasteiger partial charge in [0.2, 0.25) is 0 Å². The number of aromatic amines is 1. The summed E-state index contributed by atoms with van der Waals surface area (Å²) in [6.45, 7) is 3.31. The van der Waals surface area contributed by atoms with E-state index in [0.29, 0.717) is 17.2 Å². The molecule has 1 amide bonds. The normalized spacial score (nSPS) is 10.3. The maximum Gasteiger partial charge on any atom is 0.264 e. The van der Waals surface area contributed by atoms with Crippen molar-refractivity contribution in [1.82, 2.24) is 9.97 Å². The zero-order valence-electron chi connectivity index (χ0n) is 10.5. The van der Waals surface area contributed by atoms with Gasteiger partial charge in [-0.25, -0.2) is 4.98 Å². The molecule has 1 heterocycles. The average Bonchev–Trinajstić information content (AvgIpc) is 2.30. The molecule has 0 spiro atoms. The number of nitrogens with one attached hydrogen (secondary N) is 2. The van der Waals surface area contributed by atoms with Crippen LogP contribution in [0.4, 0.5) is 5.69 Å². The molecule has 1 aromatic carbocycles. The first-order chi connectivity index (χ1) is 8.97. The number of hydrogen-bond acceptors (Lipinski definition) is 3. The second kappa shape index (κ2) is 5.36. The van der Waals surface area contributed by atoms with Gasteiger partial charge in [0.05, 0.1) is 5.69 Å². The average molecular weight is 322 g/mol. The minimum Gasteiger partial charge on any atom is -0.322 e. The van der Waals surface area contributed by atoms with Crippen LogP contribution in [0.15, 0.2) is 33.5 Å². The van der Waals surface area contributed by atoms with Crippen molar-refractivity contribution >= 4 is 27.5 Å². The number of aryl methyl sites for hydroxylation is 2. The van der Waals surface area contributed by atoms with Crippen LogP contribution >= 0.6 is 15.9 Å². The number of aromatic nitrogens is 2. The summed E-state index contributed by atoms with van der Waals surface area (Å²) in [4.78, 5) is 30.5. The maximum atomic E-state index is 12.1. The lowest BCUT2D eigenvalue weighted by Crippen LogP contribution is -2.26. The zero-order chi connectivity index (χ0) is 14.0. The van der Waals surface area contributed by atoms with Crippen LogP contribution in [0.2, 0.25) is 0 Å². The molecule has 6 heteroatoms.